The first-order valence-corrected chi connectivity index (χ1v) is 12.8. The van der Waals surface area contributed by atoms with Crippen molar-refractivity contribution >= 4 is 0 Å². The minimum atomic E-state index is 0.0866. The molecule has 0 amide bonds. The molecule has 1 saturated heterocycles. The molecule has 3 heterocycles. The zero-order valence-corrected chi connectivity index (χ0v) is 20.2. The van der Waals surface area contributed by atoms with Gasteiger partial charge in [-0.05, 0) is 35.6 Å². The maximum Gasteiger partial charge on any atom is 0.155 e. The fourth-order valence-electron chi connectivity index (χ4n) is 5.40. The van der Waals surface area contributed by atoms with Gasteiger partial charge < -0.3 is 4.57 Å². The van der Waals surface area contributed by atoms with E-state index < -0.39 is 0 Å². The van der Waals surface area contributed by atoms with Crippen LogP contribution < -0.4 is 0 Å². The van der Waals surface area contributed by atoms with Gasteiger partial charge in [0, 0.05) is 44.6 Å². The number of hydrogen-bond acceptors (Lipinski definition) is 5. The Morgan fingerprint density at radius 3 is 2.29 bits per heavy atom. The number of aromatic nitrogens is 5. The Hall–Kier alpha value is -3.29. The first-order chi connectivity index (χ1) is 17.3. The number of hydrogen-bond donors (Lipinski definition) is 0. The molecule has 6 rings (SSSR count). The van der Waals surface area contributed by atoms with E-state index >= 15 is 0 Å². The molecule has 2 fully saturated rings. The van der Waals surface area contributed by atoms with E-state index in [2.05, 4.69) is 84.3 Å². The summed E-state index contributed by atoms with van der Waals surface area (Å²) in [6.45, 7) is 5.92. The zero-order chi connectivity index (χ0) is 23.5. The van der Waals surface area contributed by atoms with E-state index in [1.165, 1.54) is 36.0 Å². The maximum atomic E-state index is 4.67. The maximum absolute atomic E-state index is 4.67. The normalized spacial score (nSPS) is 18.4. The van der Waals surface area contributed by atoms with Gasteiger partial charge in [0.1, 0.15) is 6.33 Å². The summed E-state index contributed by atoms with van der Waals surface area (Å²) in [6, 6.07) is 22.4. The van der Waals surface area contributed by atoms with Crippen molar-refractivity contribution in [1.82, 2.24) is 34.3 Å². The summed E-state index contributed by atoms with van der Waals surface area (Å²) in [6.07, 6.45) is 9.84. The van der Waals surface area contributed by atoms with Crippen molar-refractivity contribution in [2.45, 2.75) is 44.4 Å². The molecule has 7 heteroatoms. The average molecular weight is 468 g/mol. The van der Waals surface area contributed by atoms with Crippen LogP contribution in [-0.2, 0) is 13.1 Å². The third kappa shape index (κ3) is 4.92. The Morgan fingerprint density at radius 1 is 0.829 bits per heavy atom. The van der Waals surface area contributed by atoms with Crippen LogP contribution in [0.25, 0.3) is 0 Å². The van der Waals surface area contributed by atoms with E-state index in [9.17, 15) is 0 Å². The second kappa shape index (κ2) is 10.1. The number of piperazine rings is 1. The fraction of sp³-hybridized carbons (Fsp3) is 0.393. The summed E-state index contributed by atoms with van der Waals surface area (Å²) in [4.78, 5) is 5.29. The van der Waals surface area contributed by atoms with E-state index in [1.807, 2.05) is 29.5 Å². The first kappa shape index (κ1) is 22.2. The summed E-state index contributed by atoms with van der Waals surface area (Å²) in [5, 5.41) is 13.4. The van der Waals surface area contributed by atoms with Crippen molar-refractivity contribution in [1.29, 1.82) is 0 Å². The fourth-order valence-corrected chi connectivity index (χ4v) is 5.40. The van der Waals surface area contributed by atoms with E-state index in [-0.39, 0.29) is 6.04 Å². The SMILES string of the molecule is c1ccc(Cn2cnnc2[C@@H](c2ccc(Cn3cccn3)cc2)N2CCN(C3CCC3)CC2)cc1. The summed E-state index contributed by atoms with van der Waals surface area (Å²) >= 11 is 0. The van der Waals surface area contributed by atoms with Gasteiger partial charge in [-0.2, -0.15) is 5.10 Å². The molecular weight excluding hydrogens is 434 g/mol. The van der Waals surface area contributed by atoms with Crippen LogP contribution in [0.3, 0.4) is 0 Å². The lowest BCUT2D eigenvalue weighted by molar-refractivity contribution is 0.0476. The Morgan fingerprint density at radius 2 is 1.60 bits per heavy atom. The highest BCUT2D eigenvalue weighted by Crippen LogP contribution is 2.31. The van der Waals surface area contributed by atoms with Crippen LogP contribution in [0.5, 0.6) is 0 Å². The molecule has 0 radical (unpaired) electrons. The van der Waals surface area contributed by atoms with Crippen molar-refractivity contribution in [2.75, 3.05) is 26.2 Å². The van der Waals surface area contributed by atoms with Gasteiger partial charge in [-0.15, -0.1) is 10.2 Å². The van der Waals surface area contributed by atoms with Gasteiger partial charge in [0.25, 0.3) is 0 Å². The minimum Gasteiger partial charge on any atom is -0.311 e. The van der Waals surface area contributed by atoms with Crippen molar-refractivity contribution < 1.29 is 0 Å². The Kier molecular flexibility index (Phi) is 6.43. The van der Waals surface area contributed by atoms with Crippen LogP contribution in [0, 0.1) is 0 Å². The Balaban J connectivity index is 1.27. The van der Waals surface area contributed by atoms with Gasteiger partial charge in [0.2, 0.25) is 0 Å². The summed E-state index contributed by atoms with van der Waals surface area (Å²) in [7, 11) is 0. The molecular formula is C28H33N7. The monoisotopic (exact) mass is 467 g/mol. The molecule has 35 heavy (non-hydrogen) atoms. The van der Waals surface area contributed by atoms with Crippen molar-refractivity contribution in [3.05, 3.63) is 102 Å². The molecule has 2 aromatic carbocycles. The van der Waals surface area contributed by atoms with Crippen LogP contribution in [0.2, 0.25) is 0 Å². The van der Waals surface area contributed by atoms with Crippen LogP contribution >= 0.6 is 0 Å². The van der Waals surface area contributed by atoms with Crippen molar-refractivity contribution in [3.63, 3.8) is 0 Å². The van der Waals surface area contributed by atoms with Crippen LogP contribution in [0.15, 0.2) is 79.4 Å². The van der Waals surface area contributed by atoms with Crippen molar-refractivity contribution in [2.24, 2.45) is 0 Å². The van der Waals surface area contributed by atoms with Gasteiger partial charge in [0.15, 0.2) is 5.82 Å². The largest absolute Gasteiger partial charge is 0.311 e. The summed E-state index contributed by atoms with van der Waals surface area (Å²) in [5.41, 5.74) is 3.78. The molecule has 180 valence electrons. The van der Waals surface area contributed by atoms with Gasteiger partial charge in [-0.25, -0.2) is 0 Å². The lowest BCUT2D eigenvalue weighted by atomic mass is 9.91. The molecule has 4 aromatic rings. The number of benzene rings is 2. The predicted molar refractivity (Wildman–Crippen MR) is 136 cm³/mol. The highest BCUT2D eigenvalue weighted by atomic mass is 15.3. The Labute approximate surface area is 207 Å². The van der Waals surface area contributed by atoms with E-state index in [4.69, 9.17) is 0 Å². The molecule has 1 atom stereocenters. The molecule has 0 spiro atoms. The smallest absolute Gasteiger partial charge is 0.155 e. The highest BCUT2D eigenvalue weighted by Gasteiger charge is 2.33. The van der Waals surface area contributed by atoms with Crippen LogP contribution in [0.4, 0.5) is 0 Å². The molecule has 0 N–H and O–H groups in total. The van der Waals surface area contributed by atoms with E-state index in [1.54, 1.807) is 0 Å². The van der Waals surface area contributed by atoms with Crippen LogP contribution in [0.1, 0.15) is 47.8 Å². The number of nitrogens with zero attached hydrogens (tertiary/aromatic N) is 7. The molecule has 1 saturated carbocycles. The molecule has 1 aliphatic heterocycles. The molecule has 0 unspecified atom stereocenters. The van der Waals surface area contributed by atoms with Crippen LogP contribution in [-0.4, -0.2) is 66.6 Å². The van der Waals surface area contributed by atoms with E-state index in [0.29, 0.717) is 0 Å². The second-order valence-corrected chi connectivity index (χ2v) is 9.81. The Bertz CT molecular complexity index is 1190. The lowest BCUT2D eigenvalue weighted by Gasteiger charge is -2.44. The molecule has 7 nitrogen and oxygen atoms in total. The van der Waals surface area contributed by atoms with Gasteiger partial charge in [-0.3, -0.25) is 14.5 Å². The predicted octanol–water partition coefficient (Wildman–Crippen LogP) is 3.83. The molecule has 1 aliphatic carbocycles. The zero-order valence-electron chi connectivity index (χ0n) is 20.2. The quantitative estimate of drug-likeness (QED) is 0.394. The molecule has 2 aliphatic rings. The topological polar surface area (TPSA) is 55.0 Å². The third-order valence-corrected chi connectivity index (χ3v) is 7.59. The summed E-state index contributed by atoms with van der Waals surface area (Å²) < 4.78 is 4.18. The van der Waals surface area contributed by atoms with Gasteiger partial charge in [0.05, 0.1) is 19.1 Å². The minimum absolute atomic E-state index is 0.0866. The number of rotatable bonds is 8. The summed E-state index contributed by atoms with van der Waals surface area (Å²) in [5.74, 6) is 1.02. The molecule has 2 aromatic heterocycles. The lowest BCUT2D eigenvalue weighted by Crippen LogP contribution is -2.53. The second-order valence-electron chi connectivity index (χ2n) is 9.81. The van der Waals surface area contributed by atoms with Gasteiger partial charge in [-0.1, -0.05) is 61.0 Å². The average Bonchev–Trinajstić information content (AvgIpc) is 3.54. The van der Waals surface area contributed by atoms with E-state index in [0.717, 1.165) is 51.1 Å². The standard InChI is InChI=1S/C28H33N7/c1-2-6-23(7-3-1)20-34-22-29-31-28(34)27(33-18-16-32(17-19-33)26-8-4-9-26)25-12-10-24(11-13-25)21-35-15-5-14-30-35/h1-3,5-7,10-15,22,26-27H,4,8-9,16-21H2/t27-/m1/s1. The molecule has 0 bridgehead atoms. The first-order valence-electron chi connectivity index (χ1n) is 12.8. The third-order valence-electron chi connectivity index (χ3n) is 7.59. The highest BCUT2D eigenvalue weighted by molar-refractivity contribution is 5.30. The van der Waals surface area contributed by atoms with Gasteiger partial charge >= 0.3 is 0 Å². The van der Waals surface area contributed by atoms with Crippen molar-refractivity contribution in [3.8, 4) is 0 Å².